The van der Waals surface area contributed by atoms with Crippen LogP contribution in [0.3, 0.4) is 0 Å². The second-order valence-corrected chi connectivity index (χ2v) is 11.2. The van der Waals surface area contributed by atoms with Crippen LogP contribution in [-0.2, 0) is 4.43 Å². The maximum absolute atomic E-state index is 5.68. The van der Waals surface area contributed by atoms with Gasteiger partial charge in [-0.05, 0) is 39.0 Å². The standard InChI is InChI=1S/C16H37N3OSi/c1-6-8-17(9-7-2)10-11-18-12-14-19(15-13-18)16-21(4,5)20-3/h6-16H2,1-5H3. The van der Waals surface area contributed by atoms with E-state index in [1.807, 2.05) is 7.11 Å². The van der Waals surface area contributed by atoms with Gasteiger partial charge in [0.15, 0.2) is 8.32 Å². The van der Waals surface area contributed by atoms with Gasteiger partial charge in [0.25, 0.3) is 0 Å². The first-order chi connectivity index (χ1) is 10.0. The average Bonchev–Trinajstić information content (AvgIpc) is 2.46. The predicted molar refractivity (Wildman–Crippen MR) is 94.4 cm³/mol. The lowest BCUT2D eigenvalue weighted by Crippen LogP contribution is -2.53. The second kappa shape index (κ2) is 9.95. The molecule has 1 rings (SSSR count). The molecule has 0 unspecified atom stereocenters. The minimum Gasteiger partial charge on any atom is -0.419 e. The summed E-state index contributed by atoms with van der Waals surface area (Å²) in [5, 5.41) is 0. The van der Waals surface area contributed by atoms with Crippen LogP contribution < -0.4 is 0 Å². The Bertz CT molecular complexity index is 262. The van der Waals surface area contributed by atoms with E-state index in [4.69, 9.17) is 4.43 Å². The van der Waals surface area contributed by atoms with Gasteiger partial charge >= 0.3 is 0 Å². The predicted octanol–water partition coefficient (Wildman–Crippen LogP) is 2.12. The van der Waals surface area contributed by atoms with Crippen LogP contribution in [0.5, 0.6) is 0 Å². The number of hydrogen-bond donors (Lipinski definition) is 0. The van der Waals surface area contributed by atoms with Gasteiger partial charge in [-0.2, -0.15) is 0 Å². The molecule has 0 atom stereocenters. The van der Waals surface area contributed by atoms with Crippen LogP contribution in [-0.4, -0.2) is 88.7 Å². The van der Waals surface area contributed by atoms with E-state index in [1.165, 1.54) is 71.4 Å². The normalized spacial score (nSPS) is 18.6. The number of nitrogens with zero attached hydrogens (tertiary/aromatic N) is 3. The van der Waals surface area contributed by atoms with Crippen molar-refractivity contribution in [3.63, 3.8) is 0 Å². The molecule has 1 fully saturated rings. The summed E-state index contributed by atoms with van der Waals surface area (Å²) in [6.45, 7) is 19.0. The van der Waals surface area contributed by atoms with Crippen molar-refractivity contribution >= 4 is 8.32 Å². The van der Waals surface area contributed by atoms with E-state index in [0.717, 1.165) is 0 Å². The van der Waals surface area contributed by atoms with Gasteiger partial charge in [0.1, 0.15) is 0 Å². The highest BCUT2D eigenvalue weighted by atomic mass is 28.4. The molecule has 1 aliphatic heterocycles. The third-order valence-electron chi connectivity index (χ3n) is 4.43. The molecule has 5 heteroatoms. The molecule has 21 heavy (non-hydrogen) atoms. The first-order valence-corrected chi connectivity index (χ1v) is 11.8. The molecule has 0 N–H and O–H groups in total. The van der Waals surface area contributed by atoms with Crippen LogP contribution >= 0.6 is 0 Å². The lowest BCUT2D eigenvalue weighted by atomic mass is 10.3. The maximum Gasteiger partial charge on any atom is 0.199 e. The summed E-state index contributed by atoms with van der Waals surface area (Å²) in [7, 11) is 0.428. The second-order valence-electron chi connectivity index (χ2n) is 6.92. The molecule has 0 amide bonds. The van der Waals surface area contributed by atoms with Crippen LogP contribution in [0.15, 0.2) is 0 Å². The fraction of sp³-hybridized carbons (Fsp3) is 1.00. The minimum absolute atomic E-state index is 1.18. The molecule has 0 aromatic rings. The molecular formula is C16H37N3OSi. The topological polar surface area (TPSA) is 19.0 Å². The third-order valence-corrected chi connectivity index (χ3v) is 6.75. The largest absolute Gasteiger partial charge is 0.419 e. The lowest BCUT2D eigenvalue weighted by molar-refractivity contribution is 0.126. The molecular weight excluding hydrogens is 278 g/mol. The van der Waals surface area contributed by atoms with E-state index in [1.54, 1.807) is 0 Å². The summed E-state index contributed by atoms with van der Waals surface area (Å²) >= 11 is 0. The third kappa shape index (κ3) is 7.75. The summed E-state index contributed by atoms with van der Waals surface area (Å²) in [4.78, 5) is 7.85. The zero-order valence-electron chi connectivity index (χ0n) is 15.0. The molecule has 0 spiro atoms. The van der Waals surface area contributed by atoms with Gasteiger partial charge in [-0.15, -0.1) is 0 Å². The first kappa shape index (κ1) is 19.1. The molecule has 1 aliphatic rings. The van der Waals surface area contributed by atoms with Crippen molar-refractivity contribution in [3.8, 4) is 0 Å². The van der Waals surface area contributed by atoms with Crippen molar-refractivity contribution in [2.45, 2.75) is 39.8 Å². The highest BCUT2D eigenvalue weighted by Crippen LogP contribution is 2.09. The van der Waals surface area contributed by atoms with Gasteiger partial charge in [0.05, 0.1) is 0 Å². The number of rotatable bonds is 10. The van der Waals surface area contributed by atoms with Crippen molar-refractivity contribution in [2.24, 2.45) is 0 Å². The first-order valence-electron chi connectivity index (χ1n) is 8.73. The number of piperazine rings is 1. The van der Waals surface area contributed by atoms with Crippen LogP contribution in [0.4, 0.5) is 0 Å². The zero-order chi connectivity index (χ0) is 15.7. The Labute approximate surface area is 133 Å². The van der Waals surface area contributed by atoms with Crippen molar-refractivity contribution in [1.29, 1.82) is 0 Å². The zero-order valence-corrected chi connectivity index (χ0v) is 16.0. The summed E-state index contributed by atoms with van der Waals surface area (Å²) in [5.41, 5.74) is 0. The van der Waals surface area contributed by atoms with E-state index in [-0.39, 0.29) is 0 Å². The Morgan fingerprint density at radius 1 is 0.905 bits per heavy atom. The smallest absolute Gasteiger partial charge is 0.199 e. The molecule has 0 aromatic heterocycles. The monoisotopic (exact) mass is 315 g/mol. The van der Waals surface area contributed by atoms with E-state index < -0.39 is 8.32 Å². The lowest BCUT2D eigenvalue weighted by Gasteiger charge is -2.38. The van der Waals surface area contributed by atoms with Gasteiger partial charge in [0.2, 0.25) is 0 Å². The Morgan fingerprint density at radius 2 is 1.43 bits per heavy atom. The minimum atomic E-state index is -1.45. The van der Waals surface area contributed by atoms with E-state index in [9.17, 15) is 0 Å². The Morgan fingerprint density at radius 3 is 1.90 bits per heavy atom. The van der Waals surface area contributed by atoms with E-state index in [2.05, 4.69) is 41.6 Å². The van der Waals surface area contributed by atoms with Crippen molar-refractivity contribution < 1.29 is 4.43 Å². The summed E-state index contributed by atoms with van der Waals surface area (Å²) in [6, 6.07) is 0. The summed E-state index contributed by atoms with van der Waals surface area (Å²) in [6.07, 6.45) is 3.71. The molecule has 0 saturated carbocycles. The molecule has 0 bridgehead atoms. The van der Waals surface area contributed by atoms with Crippen LogP contribution in [0.2, 0.25) is 13.1 Å². The molecule has 0 aliphatic carbocycles. The highest BCUT2D eigenvalue weighted by molar-refractivity contribution is 6.71. The molecule has 1 saturated heterocycles. The highest BCUT2D eigenvalue weighted by Gasteiger charge is 2.26. The van der Waals surface area contributed by atoms with Gasteiger partial charge in [-0.25, -0.2) is 0 Å². The van der Waals surface area contributed by atoms with Crippen molar-refractivity contribution in [1.82, 2.24) is 14.7 Å². The van der Waals surface area contributed by atoms with Crippen LogP contribution in [0.1, 0.15) is 26.7 Å². The van der Waals surface area contributed by atoms with Gasteiger partial charge in [0, 0.05) is 52.5 Å². The van der Waals surface area contributed by atoms with E-state index in [0.29, 0.717) is 0 Å². The quantitative estimate of drug-likeness (QED) is 0.575. The number of hydrogen-bond acceptors (Lipinski definition) is 4. The maximum atomic E-state index is 5.68. The molecule has 0 aromatic carbocycles. The van der Waals surface area contributed by atoms with Gasteiger partial charge in [-0.1, -0.05) is 13.8 Å². The molecule has 126 valence electrons. The molecule has 4 nitrogen and oxygen atoms in total. The molecule has 0 radical (unpaired) electrons. The van der Waals surface area contributed by atoms with E-state index >= 15 is 0 Å². The van der Waals surface area contributed by atoms with Crippen molar-refractivity contribution in [3.05, 3.63) is 0 Å². The Hall–Kier alpha value is 0.0569. The average molecular weight is 316 g/mol. The Balaban J connectivity index is 2.23. The molecule has 1 heterocycles. The van der Waals surface area contributed by atoms with Crippen LogP contribution in [0, 0.1) is 0 Å². The SMILES string of the molecule is CCCN(CCC)CCN1CCN(C[Si](C)(C)OC)CC1. The Kier molecular flexibility index (Phi) is 9.05. The summed E-state index contributed by atoms with van der Waals surface area (Å²) in [5.74, 6) is 0. The van der Waals surface area contributed by atoms with Gasteiger partial charge < -0.3 is 14.2 Å². The fourth-order valence-corrected chi connectivity index (χ4v) is 4.55. The fourth-order valence-electron chi connectivity index (χ4n) is 3.02. The van der Waals surface area contributed by atoms with Crippen LogP contribution in [0.25, 0.3) is 0 Å². The van der Waals surface area contributed by atoms with Crippen molar-refractivity contribution in [2.75, 3.05) is 65.6 Å². The van der Waals surface area contributed by atoms with Gasteiger partial charge in [-0.3, -0.25) is 4.90 Å². The summed E-state index contributed by atoms with van der Waals surface area (Å²) < 4.78 is 5.68.